The average Bonchev–Trinajstić information content (AvgIpc) is 2.42. The van der Waals surface area contributed by atoms with E-state index >= 15 is 0 Å². The van der Waals surface area contributed by atoms with Crippen LogP contribution in [-0.2, 0) is 4.79 Å². The van der Waals surface area contributed by atoms with E-state index < -0.39 is 6.09 Å². The molecule has 0 saturated heterocycles. The molecule has 0 unspecified atom stereocenters. The number of halogens is 1. The maximum Gasteiger partial charge on any atom is 0.419 e. The van der Waals surface area contributed by atoms with Gasteiger partial charge in [-0.15, -0.1) is 6.58 Å². The number of rotatable bonds is 2. The molecular formula is C14H12INO3. The second-order valence-corrected chi connectivity index (χ2v) is 5.16. The average molecular weight is 369 g/mol. The van der Waals surface area contributed by atoms with Crippen LogP contribution in [-0.4, -0.2) is 22.8 Å². The molecule has 1 amide bonds. The minimum absolute atomic E-state index is 0.00858. The van der Waals surface area contributed by atoms with Crippen molar-refractivity contribution >= 4 is 34.5 Å². The van der Waals surface area contributed by atoms with Gasteiger partial charge in [0.25, 0.3) is 0 Å². The third-order valence-corrected chi connectivity index (χ3v) is 3.58. The van der Waals surface area contributed by atoms with Crippen LogP contribution in [0.3, 0.4) is 0 Å². The van der Waals surface area contributed by atoms with Crippen molar-refractivity contribution in [2.75, 3.05) is 0 Å². The summed E-state index contributed by atoms with van der Waals surface area (Å²) in [4.78, 5) is 25.1. The molecule has 1 aliphatic rings. The van der Waals surface area contributed by atoms with Gasteiger partial charge in [-0.25, -0.2) is 4.79 Å². The first-order valence-corrected chi connectivity index (χ1v) is 6.78. The van der Waals surface area contributed by atoms with Crippen molar-refractivity contribution in [2.45, 2.75) is 12.5 Å². The van der Waals surface area contributed by atoms with Gasteiger partial charge in [0.1, 0.15) is 5.75 Å². The number of hydrogen-bond donors (Lipinski definition) is 0. The molecule has 1 aromatic rings. The Bertz CT molecular complexity index is 539. The highest BCUT2D eigenvalue weighted by molar-refractivity contribution is 14.1. The summed E-state index contributed by atoms with van der Waals surface area (Å²) in [6.45, 7) is 3.65. The number of carbonyl (C=O) groups excluding carboxylic acids is 2. The molecule has 2 rings (SSSR count). The number of ketones is 1. The molecular weight excluding hydrogens is 357 g/mol. The molecule has 98 valence electrons. The molecule has 0 radical (unpaired) electrons. The first-order valence-electron chi connectivity index (χ1n) is 5.70. The molecule has 0 spiro atoms. The van der Waals surface area contributed by atoms with Gasteiger partial charge in [-0.05, 0) is 34.7 Å². The fraction of sp³-hybridized carbons (Fsp3) is 0.143. The number of ether oxygens (including phenoxy) is 1. The van der Waals surface area contributed by atoms with Crippen molar-refractivity contribution in [1.29, 1.82) is 0 Å². The summed E-state index contributed by atoms with van der Waals surface area (Å²) >= 11 is 1.92. The number of hydrogen-bond acceptors (Lipinski definition) is 3. The second kappa shape index (κ2) is 6.01. The number of benzene rings is 1. The SMILES string of the molecule is C=C[C@H]1CC(=O)C(I)=CN1C(=O)Oc1ccccc1. The molecule has 0 fully saturated rings. The topological polar surface area (TPSA) is 46.6 Å². The van der Waals surface area contributed by atoms with Crippen molar-refractivity contribution < 1.29 is 14.3 Å². The highest BCUT2D eigenvalue weighted by Crippen LogP contribution is 2.24. The van der Waals surface area contributed by atoms with Gasteiger partial charge in [0.05, 0.1) is 9.62 Å². The lowest BCUT2D eigenvalue weighted by molar-refractivity contribution is -0.115. The molecule has 0 aliphatic carbocycles. The quantitative estimate of drug-likeness (QED) is 0.594. The molecule has 0 aromatic heterocycles. The fourth-order valence-corrected chi connectivity index (χ4v) is 2.22. The lowest BCUT2D eigenvalue weighted by atomic mass is 10.1. The first kappa shape index (κ1) is 13.8. The lowest BCUT2D eigenvalue weighted by Gasteiger charge is -2.28. The maximum atomic E-state index is 12.1. The van der Waals surface area contributed by atoms with Crippen LogP contribution in [0.5, 0.6) is 5.75 Å². The van der Waals surface area contributed by atoms with Crippen LogP contribution in [0.15, 0.2) is 52.8 Å². The monoisotopic (exact) mass is 369 g/mol. The third-order valence-electron chi connectivity index (χ3n) is 2.70. The van der Waals surface area contributed by atoms with Gasteiger partial charge in [-0.3, -0.25) is 9.69 Å². The van der Waals surface area contributed by atoms with Gasteiger partial charge >= 0.3 is 6.09 Å². The molecule has 0 saturated carbocycles. The predicted molar refractivity (Wildman–Crippen MR) is 80.0 cm³/mol. The Labute approximate surface area is 124 Å². The smallest absolute Gasteiger partial charge is 0.410 e. The van der Waals surface area contributed by atoms with E-state index in [1.165, 1.54) is 11.1 Å². The second-order valence-electron chi connectivity index (χ2n) is 4.00. The van der Waals surface area contributed by atoms with Crippen LogP contribution in [0, 0.1) is 0 Å². The maximum absolute atomic E-state index is 12.1. The zero-order chi connectivity index (χ0) is 13.8. The Balaban J connectivity index is 2.17. The van der Waals surface area contributed by atoms with E-state index in [0.717, 1.165) is 0 Å². The van der Waals surface area contributed by atoms with Crippen molar-refractivity contribution in [2.24, 2.45) is 0 Å². The lowest BCUT2D eigenvalue weighted by Crippen LogP contribution is -2.41. The van der Waals surface area contributed by atoms with Gasteiger partial charge in [-0.2, -0.15) is 0 Å². The molecule has 1 atom stereocenters. The normalized spacial score (nSPS) is 18.8. The number of allylic oxidation sites excluding steroid dienone is 1. The molecule has 0 bridgehead atoms. The largest absolute Gasteiger partial charge is 0.419 e. The molecule has 4 nitrogen and oxygen atoms in total. The summed E-state index contributed by atoms with van der Waals surface area (Å²) in [5, 5.41) is 0. The fourth-order valence-electron chi connectivity index (χ4n) is 1.70. The van der Waals surface area contributed by atoms with E-state index in [0.29, 0.717) is 9.33 Å². The summed E-state index contributed by atoms with van der Waals surface area (Å²) in [5.41, 5.74) is 0. The third kappa shape index (κ3) is 3.23. The minimum atomic E-state index is -0.516. The standard InChI is InChI=1S/C14H12INO3/c1-2-10-8-13(17)12(15)9-16(10)14(18)19-11-6-4-3-5-7-11/h2-7,9-10H,1,8H2/t10-/m0/s1. The summed E-state index contributed by atoms with van der Waals surface area (Å²) in [6, 6.07) is 8.45. The predicted octanol–water partition coefficient (Wildman–Crippen LogP) is 3.29. The van der Waals surface area contributed by atoms with E-state index in [4.69, 9.17) is 4.74 Å². The van der Waals surface area contributed by atoms with Crippen LogP contribution in [0.1, 0.15) is 6.42 Å². The van der Waals surface area contributed by atoms with Crippen molar-refractivity contribution in [1.82, 2.24) is 4.90 Å². The first-order chi connectivity index (χ1) is 9.11. The minimum Gasteiger partial charge on any atom is -0.410 e. The Morgan fingerprint density at radius 3 is 2.74 bits per heavy atom. The zero-order valence-electron chi connectivity index (χ0n) is 10.1. The Morgan fingerprint density at radius 1 is 1.42 bits per heavy atom. The highest BCUT2D eigenvalue weighted by atomic mass is 127. The summed E-state index contributed by atoms with van der Waals surface area (Å²) in [7, 11) is 0. The van der Waals surface area contributed by atoms with E-state index in [2.05, 4.69) is 6.58 Å². The molecule has 1 aromatic carbocycles. The Hall–Kier alpha value is -1.63. The van der Waals surface area contributed by atoms with Crippen LogP contribution < -0.4 is 4.74 Å². The number of nitrogens with zero attached hydrogens (tertiary/aromatic N) is 1. The van der Waals surface area contributed by atoms with E-state index in [1.807, 2.05) is 28.7 Å². The van der Waals surface area contributed by atoms with Crippen LogP contribution >= 0.6 is 22.6 Å². The van der Waals surface area contributed by atoms with Gasteiger partial charge < -0.3 is 4.74 Å². The van der Waals surface area contributed by atoms with Gasteiger partial charge in [-0.1, -0.05) is 24.3 Å². The number of para-hydroxylation sites is 1. The van der Waals surface area contributed by atoms with Crippen molar-refractivity contribution in [3.05, 3.63) is 52.8 Å². The van der Waals surface area contributed by atoms with Gasteiger partial charge in [0.15, 0.2) is 5.78 Å². The summed E-state index contributed by atoms with van der Waals surface area (Å²) in [5.74, 6) is 0.477. The van der Waals surface area contributed by atoms with E-state index in [-0.39, 0.29) is 18.2 Å². The van der Waals surface area contributed by atoms with Crippen LogP contribution in [0.4, 0.5) is 4.79 Å². The van der Waals surface area contributed by atoms with Gasteiger partial charge in [0, 0.05) is 12.6 Å². The van der Waals surface area contributed by atoms with Crippen LogP contribution in [0.25, 0.3) is 0 Å². The number of amides is 1. The number of carbonyl (C=O) groups is 2. The molecule has 19 heavy (non-hydrogen) atoms. The van der Waals surface area contributed by atoms with E-state index in [9.17, 15) is 9.59 Å². The van der Waals surface area contributed by atoms with Crippen molar-refractivity contribution in [3.8, 4) is 5.75 Å². The highest BCUT2D eigenvalue weighted by Gasteiger charge is 2.29. The van der Waals surface area contributed by atoms with Gasteiger partial charge in [0.2, 0.25) is 0 Å². The zero-order valence-corrected chi connectivity index (χ0v) is 12.2. The molecule has 0 N–H and O–H groups in total. The molecule has 1 aliphatic heterocycles. The van der Waals surface area contributed by atoms with E-state index in [1.54, 1.807) is 30.3 Å². The summed E-state index contributed by atoms with van der Waals surface area (Å²) < 4.78 is 5.76. The van der Waals surface area contributed by atoms with Crippen LogP contribution in [0.2, 0.25) is 0 Å². The van der Waals surface area contributed by atoms with Crippen molar-refractivity contribution in [3.63, 3.8) is 0 Å². The Kier molecular flexibility index (Phi) is 4.36. The Morgan fingerprint density at radius 2 is 2.11 bits per heavy atom. The molecule has 1 heterocycles. The summed E-state index contributed by atoms with van der Waals surface area (Å²) in [6.07, 6.45) is 2.80. The number of Topliss-reactive ketones (excluding diaryl/α,β-unsaturated/α-hetero) is 1. The molecule has 5 heteroatoms.